The van der Waals surface area contributed by atoms with E-state index in [0.717, 1.165) is 4.90 Å². The highest BCUT2D eigenvalue weighted by molar-refractivity contribution is 5.76. The maximum atomic E-state index is 12.4. The number of carbonyl (C=O) groups is 1. The molecule has 0 bridgehead atoms. The summed E-state index contributed by atoms with van der Waals surface area (Å²) in [5.41, 5.74) is 5.80. The molecule has 2 N–H and O–H groups in total. The first-order valence-corrected chi connectivity index (χ1v) is 5.68. The molecule has 0 aliphatic rings. The third-order valence-corrected chi connectivity index (χ3v) is 2.39. The van der Waals surface area contributed by atoms with Crippen molar-refractivity contribution < 1.29 is 18.0 Å². The van der Waals surface area contributed by atoms with Crippen molar-refractivity contribution in [2.45, 2.75) is 39.2 Å². The highest BCUT2D eigenvalue weighted by atomic mass is 19.4. The number of hydrogen-bond acceptors (Lipinski definition) is 4. The average Bonchev–Trinajstić information content (AvgIpc) is 2.72. The Morgan fingerprint density at radius 1 is 1.53 bits per heavy atom. The predicted octanol–water partition coefficient (Wildman–Crippen LogP) is 0.536. The van der Waals surface area contributed by atoms with Gasteiger partial charge in [0.2, 0.25) is 5.91 Å². The minimum atomic E-state index is -4.43. The van der Waals surface area contributed by atoms with Crippen molar-refractivity contribution in [2.75, 3.05) is 6.54 Å². The van der Waals surface area contributed by atoms with Crippen LogP contribution in [0.1, 0.15) is 19.5 Å². The summed E-state index contributed by atoms with van der Waals surface area (Å²) in [6.45, 7) is 1.64. The second-order valence-corrected chi connectivity index (χ2v) is 4.34. The molecule has 0 saturated heterocycles. The highest BCUT2D eigenvalue weighted by Gasteiger charge is 2.34. The van der Waals surface area contributed by atoms with Crippen molar-refractivity contribution >= 4 is 5.91 Å². The molecule has 0 saturated carbocycles. The SMILES string of the molecule is CC(C)N(CC(F)(F)F)C(=O)Cn1cc(CN)nn1. The first-order chi connectivity index (χ1) is 8.73. The molecule has 0 aliphatic heterocycles. The summed E-state index contributed by atoms with van der Waals surface area (Å²) >= 11 is 0. The lowest BCUT2D eigenvalue weighted by molar-refractivity contribution is -0.165. The number of rotatable bonds is 5. The Hall–Kier alpha value is -1.64. The van der Waals surface area contributed by atoms with Crippen LogP contribution < -0.4 is 5.73 Å². The Morgan fingerprint density at radius 3 is 2.58 bits per heavy atom. The minimum absolute atomic E-state index is 0.157. The molecule has 1 amide bonds. The smallest absolute Gasteiger partial charge is 0.330 e. The molecule has 0 aliphatic carbocycles. The van der Waals surface area contributed by atoms with Crippen LogP contribution in [-0.4, -0.2) is 44.6 Å². The standard InChI is InChI=1S/C10H16F3N5O/c1-7(2)18(6-10(11,12)13)9(19)5-17-4-8(3-14)15-16-17/h4,7H,3,5-6,14H2,1-2H3. The summed E-state index contributed by atoms with van der Waals surface area (Å²) in [4.78, 5) is 12.6. The second-order valence-electron chi connectivity index (χ2n) is 4.34. The molecule has 19 heavy (non-hydrogen) atoms. The van der Waals surface area contributed by atoms with Gasteiger partial charge in [0.1, 0.15) is 13.1 Å². The van der Waals surface area contributed by atoms with Gasteiger partial charge in [-0.15, -0.1) is 5.10 Å². The van der Waals surface area contributed by atoms with Gasteiger partial charge in [-0.05, 0) is 13.8 Å². The zero-order valence-corrected chi connectivity index (χ0v) is 10.7. The minimum Gasteiger partial charge on any atom is -0.330 e. The fourth-order valence-corrected chi connectivity index (χ4v) is 1.49. The molecule has 9 heteroatoms. The molecule has 1 aromatic rings. The number of amides is 1. The van der Waals surface area contributed by atoms with Gasteiger partial charge in [-0.1, -0.05) is 5.21 Å². The van der Waals surface area contributed by atoms with Crippen molar-refractivity contribution in [3.63, 3.8) is 0 Å². The van der Waals surface area contributed by atoms with E-state index in [2.05, 4.69) is 10.3 Å². The van der Waals surface area contributed by atoms with Crippen LogP contribution in [0, 0.1) is 0 Å². The van der Waals surface area contributed by atoms with E-state index >= 15 is 0 Å². The Kier molecular flexibility index (Phi) is 4.87. The van der Waals surface area contributed by atoms with Crippen molar-refractivity contribution in [2.24, 2.45) is 5.73 Å². The molecule has 0 radical (unpaired) electrons. The van der Waals surface area contributed by atoms with Crippen LogP contribution in [0.2, 0.25) is 0 Å². The van der Waals surface area contributed by atoms with E-state index in [1.165, 1.54) is 24.7 Å². The number of nitrogens with zero attached hydrogens (tertiary/aromatic N) is 4. The topological polar surface area (TPSA) is 77.0 Å². The van der Waals surface area contributed by atoms with Crippen LogP contribution >= 0.6 is 0 Å². The lowest BCUT2D eigenvalue weighted by Gasteiger charge is -2.27. The number of halogens is 3. The summed E-state index contributed by atoms with van der Waals surface area (Å²) in [6.07, 6.45) is -2.99. The monoisotopic (exact) mass is 279 g/mol. The van der Waals surface area contributed by atoms with Gasteiger partial charge in [0.25, 0.3) is 0 Å². The van der Waals surface area contributed by atoms with E-state index < -0.39 is 24.7 Å². The highest BCUT2D eigenvalue weighted by Crippen LogP contribution is 2.18. The van der Waals surface area contributed by atoms with Gasteiger partial charge in [-0.2, -0.15) is 13.2 Å². The van der Waals surface area contributed by atoms with Crippen LogP contribution in [0.15, 0.2) is 6.20 Å². The van der Waals surface area contributed by atoms with Crippen molar-refractivity contribution in [3.8, 4) is 0 Å². The Morgan fingerprint density at radius 2 is 2.16 bits per heavy atom. The summed E-state index contributed by atoms with van der Waals surface area (Å²) in [7, 11) is 0. The lowest BCUT2D eigenvalue weighted by atomic mass is 10.3. The van der Waals surface area contributed by atoms with E-state index in [4.69, 9.17) is 5.73 Å². The first-order valence-electron chi connectivity index (χ1n) is 5.68. The maximum absolute atomic E-state index is 12.4. The summed E-state index contributed by atoms with van der Waals surface area (Å²) in [5.74, 6) is -0.666. The van der Waals surface area contributed by atoms with Crippen molar-refractivity contribution in [1.82, 2.24) is 19.9 Å². The van der Waals surface area contributed by atoms with Gasteiger partial charge in [-0.25, -0.2) is 4.68 Å². The molecule has 108 valence electrons. The first kappa shape index (κ1) is 15.4. The summed E-state index contributed by atoms with van der Waals surface area (Å²) in [5, 5.41) is 7.28. The molecule has 0 aromatic carbocycles. The largest absolute Gasteiger partial charge is 0.406 e. The molecule has 1 heterocycles. The van der Waals surface area contributed by atoms with Crippen molar-refractivity contribution in [1.29, 1.82) is 0 Å². The number of aromatic nitrogens is 3. The maximum Gasteiger partial charge on any atom is 0.406 e. The van der Waals surface area contributed by atoms with Crippen LogP contribution in [0.5, 0.6) is 0 Å². The molecule has 6 nitrogen and oxygen atoms in total. The molecule has 1 aromatic heterocycles. The zero-order valence-electron chi connectivity index (χ0n) is 10.7. The summed E-state index contributed by atoms with van der Waals surface area (Å²) < 4.78 is 38.3. The zero-order chi connectivity index (χ0) is 14.6. The van der Waals surface area contributed by atoms with Crippen LogP contribution in [0.25, 0.3) is 0 Å². The third kappa shape index (κ3) is 4.86. The number of alkyl halides is 3. The molecule has 0 atom stereocenters. The van der Waals surface area contributed by atoms with Gasteiger partial charge in [0.05, 0.1) is 11.9 Å². The third-order valence-electron chi connectivity index (χ3n) is 2.39. The molecule has 0 spiro atoms. The fraction of sp³-hybridized carbons (Fsp3) is 0.700. The van der Waals surface area contributed by atoms with Gasteiger partial charge in [-0.3, -0.25) is 4.79 Å². The van der Waals surface area contributed by atoms with Crippen LogP contribution in [0.4, 0.5) is 13.2 Å². The number of hydrogen-bond donors (Lipinski definition) is 1. The van der Waals surface area contributed by atoms with E-state index in [0.29, 0.717) is 5.69 Å². The van der Waals surface area contributed by atoms with Crippen LogP contribution in [0.3, 0.4) is 0 Å². The van der Waals surface area contributed by atoms with E-state index in [9.17, 15) is 18.0 Å². The van der Waals surface area contributed by atoms with Crippen molar-refractivity contribution in [3.05, 3.63) is 11.9 Å². The average molecular weight is 279 g/mol. The Labute approximate surface area is 108 Å². The van der Waals surface area contributed by atoms with E-state index in [1.54, 1.807) is 0 Å². The van der Waals surface area contributed by atoms with Gasteiger partial charge in [0.15, 0.2) is 0 Å². The Bertz CT molecular complexity index is 429. The molecule has 0 fully saturated rings. The molecular formula is C10H16F3N5O. The second kappa shape index (κ2) is 6.00. The van der Waals surface area contributed by atoms with Gasteiger partial charge >= 0.3 is 6.18 Å². The molecule has 0 unspecified atom stereocenters. The Balaban J connectivity index is 2.72. The molecular weight excluding hydrogens is 263 g/mol. The lowest BCUT2D eigenvalue weighted by Crippen LogP contribution is -2.44. The number of nitrogens with two attached hydrogens (primary N) is 1. The van der Waals surface area contributed by atoms with Gasteiger partial charge < -0.3 is 10.6 Å². The number of carbonyl (C=O) groups excluding carboxylic acids is 1. The van der Waals surface area contributed by atoms with Gasteiger partial charge in [0, 0.05) is 12.6 Å². The summed E-state index contributed by atoms with van der Waals surface area (Å²) in [6, 6.07) is -0.549. The van der Waals surface area contributed by atoms with E-state index in [1.807, 2.05) is 0 Å². The normalized spacial score (nSPS) is 11.9. The van der Waals surface area contributed by atoms with Crippen LogP contribution in [-0.2, 0) is 17.9 Å². The quantitative estimate of drug-likeness (QED) is 0.853. The molecule has 1 rings (SSSR count). The van der Waals surface area contributed by atoms with E-state index in [-0.39, 0.29) is 13.1 Å². The predicted molar refractivity (Wildman–Crippen MR) is 60.8 cm³/mol. The fourth-order valence-electron chi connectivity index (χ4n) is 1.49.